The fourth-order valence-corrected chi connectivity index (χ4v) is 3.77. The fraction of sp³-hybridized carbons (Fsp3) is 0.625. The van der Waals surface area contributed by atoms with Crippen LogP contribution in [0.3, 0.4) is 0 Å². The quantitative estimate of drug-likeness (QED) is 0.931. The minimum Gasteiger partial charge on any atom is -0.370 e. The predicted molar refractivity (Wildman–Crippen MR) is 79.8 cm³/mol. The third kappa shape index (κ3) is 2.74. The van der Waals surface area contributed by atoms with Crippen LogP contribution < -0.4 is 5.32 Å². The molecule has 3 rings (SSSR count). The van der Waals surface area contributed by atoms with Crippen LogP contribution in [0, 0.1) is 11.7 Å². The van der Waals surface area contributed by atoms with Crippen LogP contribution in [0.4, 0.5) is 10.2 Å². The second kappa shape index (κ2) is 6.00. The lowest BCUT2D eigenvalue weighted by molar-refractivity contribution is 0.0548. The molecule has 1 amide bonds. The number of hydrogen-bond acceptors (Lipinski definition) is 3. The molecule has 0 bridgehead atoms. The van der Waals surface area contributed by atoms with Gasteiger partial charge in [-0.1, -0.05) is 6.42 Å². The molecule has 2 atom stereocenters. The molecular formula is C16H22FN3O. The predicted octanol–water partition coefficient (Wildman–Crippen LogP) is 3.06. The lowest BCUT2D eigenvalue weighted by Crippen LogP contribution is -2.46. The van der Waals surface area contributed by atoms with E-state index in [0.717, 1.165) is 25.6 Å². The van der Waals surface area contributed by atoms with Crippen molar-refractivity contribution in [2.75, 3.05) is 18.4 Å². The molecule has 4 nitrogen and oxygen atoms in total. The Bertz CT molecular complexity index is 534. The van der Waals surface area contributed by atoms with E-state index in [-0.39, 0.29) is 5.91 Å². The number of amides is 1. The van der Waals surface area contributed by atoms with Gasteiger partial charge in [0.15, 0.2) is 0 Å². The number of nitrogens with zero attached hydrogens (tertiary/aromatic N) is 2. The Kier molecular flexibility index (Phi) is 4.08. The van der Waals surface area contributed by atoms with Gasteiger partial charge in [0.1, 0.15) is 11.6 Å². The maximum atomic E-state index is 13.5. The van der Waals surface area contributed by atoms with Crippen molar-refractivity contribution in [3.63, 3.8) is 0 Å². The molecule has 0 aromatic carbocycles. The number of nitrogens with one attached hydrogen (secondary N) is 1. The topological polar surface area (TPSA) is 45.2 Å². The van der Waals surface area contributed by atoms with Crippen molar-refractivity contribution < 1.29 is 9.18 Å². The first-order valence-corrected chi connectivity index (χ1v) is 7.91. The van der Waals surface area contributed by atoms with Crippen molar-refractivity contribution in [1.29, 1.82) is 0 Å². The maximum Gasteiger partial charge on any atom is 0.257 e. The molecule has 1 aliphatic heterocycles. The maximum absolute atomic E-state index is 13.5. The molecule has 0 spiro atoms. The fourth-order valence-electron chi connectivity index (χ4n) is 3.77. The zero-order valence-corrected chi connectivity index (χ0v) is 12.4. The average Bonchev–Trinajstić information content (AvgIpc) is 2.97. The molecular weight excluding hydrogens is 269 g/mol. The Hall–Kier alpha value is -1.65. The van der Waals surface area contributed by atoms with E-state index in [9.17, 15) is 9.18 Å². The van der Waals surface area contributed by atoms with Crippen molar-refractivity contribution in [1.82, 2.24) is 9.88 Å². The molecule has 1 aromatic heterocycles. The minimum absolute atomic E-state index is 0.0745. The molecule has 1 N–H and O–H groups in total. The summed E-state index contributed by atoms with van der Waals surface area (Å²) in [6, 6.07) is 1.65. The van der Waals surface area contributed by atoms with E-state index in [1.54, 1.807) is 0 Å². The number of carbonyl (C=O) groups is 1. The Morgan fingerprint density at radius 3 is 3.05 bits per heavy atom. The summed E-state index contributed by atoms with van der Waals surface area (Å²) in [7, 11) is 0. The van der Waals surface area contributed by atoms with Crippen LogP contribution in [0.25, 0.3) is 0 Å². The molecule has 2 unspecified atom stereocenters. The van der Waals surface area contributed by atoms with Gasteiger partial charge in [-0.05, 0) is 44.6 Å². The van der Waals surface area contributed by atoms with Gasteiger partial charge in [0.05, 0.1) is 11.8 Å². The second-order valence-corrected chi connectivity index (χ2v) is 5.98. The Labute approximate surface area is 124 Å². The summed E-state index contributed by atoms with van der Waals surface area (Å²) in [4.78, 5) is 18.9. The smallest absolute Gasteiger partial charge is 0.257 e. The highest BCUT2D eigenvalue weighted by atomic mass is 19.1. The number of piperidine rings is 1. The van der Waals surface area contributed by atoms with Crippen LogP contribution in [-0.4, -0.2) is 34.9 Å². The summed E-state index contributed by atoms with van der Waals surface area (Å²) >= 11 is 0. The number of fused-ring (bicyclic) bond motifs is 1. The van der Waals surface area contributed by atoms with Gasteiger partial charge in [-0.3, -0.25) is 4.79 Å². The van der Waals surface area contributed by atoms with Crippen molar-refractivity contribution >= 4 is 11.7 Å². The number of halogens is 1. The van der Waals surface area contributed by atoms with Crippen molar-refractivity contribution in [2.24, 2.45) is 5.92 Å². The monoisotopic (exact) mass is 291 g/mol. The molecule has 21 heavy (non-hydrogen) atoms. The van der Waals surface area contributed by atoms with E-state index in [0.29, 0.717) is 29.9 Å². The minimum atomic E-state index is -0.458. The number of hydrogen-bond donors (Lipinski definition) is 1. The second-order valence-electron chi connectivity index (χ2n) is 5.98. The largest absolute Gasteiger partial charge is 0.370 e. The number of anilines is 1. The lowest BCUT2D eigenvalue weighted by Gasteiger charge is -2.38. The Balaban J connectivity index is 1.88. The first kappa shape index (κ1) is 14.3. The highest BCUT2D eigenvalue weighted by Gasteiger charge is 2.38. The number of carbonyl (C=O) groups excluding carboxylic acids is 1. The van der Waals surface area contributed by atoms with E-state index < -0.39 is 5.82 Å². The molecule has 1 saturated carbocycles. The first-order valence-electron chi connectivity index (χ1n) is 7.91. The van der Waals surface area contributed by atoms with Crippen molar-refractivity contribution in [3.8, 4) is 0 Å². The van der Waals surface area contributed by atoms with E-state index in [1.807, 2.05) is 11.8 Å². The molecule has 1 saturated heterocycles. The van der Waals surface area contributed by atoms with Gasteiger partial charge < -0.3 is 10.2 Å². The highest BCUT2D eigenvalue weighted by Crippen LogP contribution is 2.37. The third-order valence-electron chi connectivity index (χ3n) is 4.68. The molecule has 2 fully saturated rings. The zero-order chi connectivity index (χ0) is 14.8. The van der Waals surface area contributed by atoms with Gasteiger partial charge in [-0.25, -0.2) is 9.37 Å². The van der Waals surface area contributed by atoms with Crippen LogP contribution in [-0.2, 0) is 0 Å². The van der Waals surface area contributed by atoms with Gasteiger partial charge in [0.25, 0.3) is 5.91 Å². The summed E-state index contributed by atoms with van der Waals surface area (Å²) in [5.74, 6) is 0.588. The standard InChI is InChI=1S/C16H22FN3O/c1-2-18-15-13(9-12(17)10-19-15)16(21)20-8-4-6-11-5-3-7-14(11)20/h9-11,14H,2-8H2,1H3,(H,18,19). The Morgan fingerprint density at radius 2 is 2.24 bits per heavy atom. The highest BCUT2D eigenvalue weighted by molar-refractivity contribution is 5.99. The molecule has 2 heterocycles. The number of rotatable bonds is 3. The van der Waals surface area contributed by atoms with Gasteiger partial charge in [0.2, 0.25) is 0 Å². The van der Waals surface area contributed by atoms with Gasteiger partial charge >= 0.3 is 0 Å². The van der Waals surface area contributed by atoms with Crippen LogP contribution in [0.5, 0.6) is 0 Å². The normalized spacial score (nSPS) is 24.8. The van der Waals surface area contributed by atoms with E-state index >= 15 is 0 Å². The van der Waals surface area contributed by atoms with E-state index in [2.05, 4.69) is 10.3 Å². The van der Waals surface area contributed by atoms with Gasteiger partial charge in [-0.15, -0.1) is 0 Å². The first-order chi connectivity index (χ1) is 10.2. The zero-order valence-electron chi connectivity index (χ0n) is 12.4. The number of aromatic nitrogens is 1. The molecule has 5 heteroatoms. The van der Waals surface area contributed by atoms with Crippen LogP contribution >= 0.6 is 0 Å². The number of likely N-dealkylation sites (tertiary alicyclic amines) is 1. The van der Waals surface area contributed by atoms with Crippen molar-refractivity contribution in [2.45, 2.75) is 45.1 Å². The molecule has 0 radical (unpaired) electrons. The van der Waals surface area contributed by atoms with E-state index in [4.69, 9.17) is 0 Å². The summed E-state index contributed by atoms with van der Waals surface area (Å²) in [6.07, 6.45) is 6.91. The van der Waals surface area contributed by atoms with Crippen LogP contribution in [0.2, 0.25) is 0 Å². The summed E-state index contributed by atoms with van der Waals surface area (Å²) in [5, 5.41) is 3.06. The lowest BCUT2D eigenvalue weighted by atomic mass is 9.91. The SMILES string of the molecule is CCNc1ncc(F)cc1C(=O)N1CCCC2CCCC21. The van der Waals surface area contributed by atoms with Crippen molar-refractivity contribution in [3.05, 3.63) is 23.6 Å². The average molecular weight is 291 g/mol. The van der Waals surface area contributed by atoms with Gasteiger partial charge in [-0.2, -0.15) is 0 Å². The molecule has 114 valence electrons. The molecule has 1 aromatic rings. The molecule has 2 aliphatic rings. The van der Waals surface area contributed by atoms with Gasteiger partial charge in [0, 0.05) is 19.1 Å². The van der Waals surface area contributed by atoms with E-state index in [1.165, 1.54) is 25.3 Å². The summed E-state index contributed by atoms with van der Waals surface area (Å²) in [6.45, 7) is 3.38. The van der Waals surface area contributed by atoms with Crippen LogP contribution in [0.15, 0.2) is 12.3 Å². The van der Waals surface area contributed by atoms with Crippen LogP contribution in [0.1, 0.15) is 49.4 Å². The summed E-state index contributed by atoms with van der Waals surface area (Å²) < 4.78 is 13.5. The third-order valence-corrected chi connectivity index (χ3v) is 4.68. The number of pyridine rings is 1. The Morgan fingerprint density at radius 1 is 1.43 bits per heavy atom. The molecule has 1 aliphatic carbocycles. The summed E-state index contributed by atoms with van der Waals surface area (Å²) in [5.41, 5.74) is 0.365.